The van der Waals surface area contributed by atoms with Crippen LogP contribution in [0.25, 0.3) is 0 Å². The smallest absolute Gasteiger partial charge is 0.333 e. The van der Waals surface area contributed by atoms with E-state index in [1.54, 1.807) is 6.92 Å². The van der Waals surface area contributed by atoms with Crippen molar-refractivity contribution in [2.45, 2.75) is 46.6 Å². The number of hydrogen-bond donors (Lipinski definition) is 1. The molecule has 130 valence electrons. The van der Waals surface area contributed by atoms with Crippen LogP contribution >= 0.6 is 0 Å². The molecule has 1 N–H and O–H groups in total. The highest BCUT2D eigenvalue weighted by atomic mass is 32.2. The van der Waals surface area contributed by atoms with Crippen LogP contribution in [-0.4, -0.2) is 61.5 Å². The molecule has 0 aliphatic carbocycles. The lowest BCUT2D eigenvalue weighted by atomic mass is 10.2. The monoisotopic (exact) mass is 336 g/mol. The number of carbonyl (C=O) groups is 1. The van der Waals surface area contributed by atoms with Gasteiger partial charge >= 0.3 is 5.97 Å². The second-order valence-corrected chi connectivity index (χ2v) is 7.42. The van der Waals surface area contributed by atoms with Gasteiger partial charge in [-0.2, -0.15) is 8.42 Å². The predicted molar refractivity (Wildman–Crippen MR) is 87.1 cm³/mol. The molecular formula is C15H30NO5S+. The summed E-state index contributed by atoms with van der Waals surface area (Å²) < 4.78 is 36.5. The Hall–Kier alpha value is -0.920. The predicted octanol–water partition coefficient (Wildman–Crippen LogP) is 2.02. The molecule has 1 unspecified atom stereocenters. The highest BCUT2D eigenvalue weighted by Gasteiger charge is 2.25. The van der Waals surface area contributed by atoms with Gasteiger partial charge in [-0.25, -0.2) is 4.79 Å². The van der Waals surface area contributed by atoms with Crippen molar-refractivity contribution in [1.29, 1.82) is 0 Å². The van der Waals surface area contributed by atoms with Crippen LogP contribution in [0.5, 0.6) is 0 Å². The molecule has 0 rings (SSSR count). The maximum absolute atomic E-state index is 11.5. The van der Waals surface area contributed by atoms with Gasteiger partial charge in [0.15, 0.2) is 0 Å². The number of esters is 1. The summed E-state index contributed by atoms with van der Waals surface area (Å²) in [7, 11) is -3.91. The Bertz CT molecular complexity index is 468. The number of carbonyl (C=O) groups excluding carboxylic acids is 1. The average molecular weight is 336 g/mol. The van der Waals surface area contributed by atoms with Crippen LogP contribution in [0.2, 0.25) is 0 Å². The first-order valence-corrected chi connectivity index (χ1v) is 9.33. The Morgan fingerprint density at radius 3 is 2.23 bits per heavy atom. The van der Waals surface area contributed by atoms with E-state index in [4.69, 9.17) is 9.29 Å². The fraction of sp³-hybridized carbons (Fsp3) is 0.800. The molecule has 0 aromatic carbocycles. The van der Waals surface area contributed by atoms with Gasteiger partial charge in [-0.15, -0.1) is 0 Å². The van der Waals surface area contributed by atoms with E-state index in [2.05, 4.69) is 20.4 Å². The minimum Gasteiger partial charge on any atom is -0.459 e. The highest BCUT2D eigenvalue weighted by molar-refractivity contribution is 7.85. The number of ether oxygens (including phenoxy) is 1. The lowest BCUT2D eigenvalue weighted by Crippen LogP contribution is -2.50. The zero-order chi connectivity index (χ0) is 17.4. The molecule has 0 saturated carbocycles. The topological polar surface area (TPSA) is 80.7 Å². The van der Waals surface area contributed by atoms with Crippen molar-refractivity contribution in [1.82, 2.24) is 0 Å². The first-order chi connectivity index (χ1) is 10.0. The summed E-state index contributed by atoms with van der Waals surface area (Å²) in [6, 6.07) is 0. The van der Waals surface area contributed by atoms with Crippen molar-refractivity contribution in [3.8, 4) is 0 Å². The van der Waals surface area contributed by atoms with E-state index in [1.807, 2.05) is 6.92 Å². The largest absolute Gasteiger partial charge is 0.459 e. The van der Waals surface area contributed by atoms with Gasteiger partial charge in [0.2, 0.25) is 0 Å². The van der Waals surface area contributed by atoms with Gasteiger partial charge in [0, 0.05) is 18.4 Å². The van der Waals surface area contributed by atoms with Crippen molar-refractivity contribution >= 4 is 16.1 Å². The van der Waals surface area contributed by atoms with Crippen LogP contribution in [0.15, 0.2) is 12.2 Å². The maximum Gasteiger partial charge on any atom is 0.333 e. The van der Waals surface area contributed by atoms with Gasteiger partial charge in [0.1, 0.15) is 6.10 Å². The molecule has 0 aliphatic rings. The number of nitrogens with zero attached hydrogens (tertiary/aromatic N) is 1. The minimum absolute atomic E-state index is 0.207. The molecular weight excluding hydrogens is 306 g/mol. The second-order valence-electron chi connectivity index (χ2n) is 5.85. The van der Waals surface area contributed by atoms with E-state index in [0.717, 1.165) is 24.1 Å². The molecule has 0 amide bonds. The van der Waals surface area contributed by atoms with Crippen LogP contribution < -0.4 is 0 Å². The van der Waals surface area contributed by atoms with Crippen molar-refractivity contribution in [2.24, 2.45) is 0 Å². The van der Waals surface area contributed by atoms with Gasteiger partial charge in [-0.05, 0) is 27.7 Å². The summed E-state index contributed by atoms with van der Waals surface area (Å²) in [5.74, 6) is -0.599. The Balaban J connectivity index is 4.49. The van der Waals surface area contributed by atoms with Crippen molar-refractivity contribution < 1.29 is 27.0 Å². The van der Waals surface area contributed by atoms with Gasteiger partial charge in [0.25, 0.3) is 10.1 Å². The molecule has 0 aromatic heterocycles. The van der Waals surface area contributed by atoms with Crippen molar-refractivity contribution in [3.63, 3.8) is 0 Å². The van der Waals surface area contributed by atoms with Crippen molar-refractivity contribution in [2.75, 3.05) is 31.9 Å². The molecule has 0 fully saturated rings. The minimum atomic E-state index is -3.91. The SMILES string of the molecule is C=C(C)C(=O)OC(C)CC[N+](CC)(CC)CCCS(=O)(=O)O. The van der Waals surface area contributed by atoms with Crippen LogP contribution in [0, 0.1) is 0 Å². The van der Waals surface area contributed by atoms with Crippen LogP contribution in [-0.2, 0) is 19.6 Å². The Labute approximate surface area is 134 Å². The fourth-order valence-electron chi connectivity index (χ4n) is 2.35. The zero-order valence-corrected chi connectivity index (χ0v) is 15.0. The third kappa shape index (κ3) is 8.51. The summed E-state index contributed by atoms with van der Waals surface area (Å²) in [6.07, 6.45) is 0.911. The molecule has 6 nitrogen and oxygen atoms in total. The Morgan fingerprint density at radius 2 is 1.82 bits per heavy atom. The zero-order valence-electron chi connectivity index (χ0n) is 14.2. The summed E-state index contributed by atoms with van der Waals surface area (Å²) in [6.45, 7) is 14.3. The molecule has 0 spiro atoms. The third-order valence-electron chi connectivity index (χ3n) is 4.04. The summed E-state index contributed by atoms with van der Waals surface area (Å²) in [4.78, 5) is 11.5. The average Bonchev–Trinajstić information content (AvgIpc) is 2.41. The van der Waals surface area contributed by atoms with Gasteiger partial charge < -0.3 is 9.22 Å². The third-order valence-corrected chi connectivity index (χ3v) is 4.85. The molecule has 7 heteroatoms. The molecule has 0 aromatic rings. The number of quaternary nitrogens is 1. The second kappa shape index (κ2) is 9.27. The maximum atomic E-state index is 11.5. The summed E-state index contributed by atoms with van der Waals surface area (Å²) in [5.41, 5.74) is 0.381. The van der Waals surface area contributed by atoms with E-state index < -0.39 is 10.1 Å². The Kier molecular flexibility index (Phi) is 8.88. The molecule has 0 radical (unpaired) electrons. The van der Waals surface area contributed by atoms with E-state index >= 15 is 0 Å². The first kappa shape index (κ1) is 21.1. The lowest BCUT2D eigenvalue weighted by Gasteiger charge is -2.37. The lowest BCUT2D eigenvalue weighted by molar-refractivity contribution is -0.925. The summed E-state index contributed by atoms with van der Waals surface area (Å²) >= 11 is 0. The van der Waals surface area contributed by atoms with E-state index in [1.165, 1.54) is 0 Å². The van der Waals surface area contributed by atoms with Gasteiger partial charge in [0.05, 0.1) is 31.9 Å². The van der Waals surface area contributed by atoms with Crippen molar-refractivity contribution in [3.05, 3.63) is 12.2 Å². The first-order valence-electron chi connectivity index (χ1n) is 7.72. The van der Waals surface area contributed by atoms with Crippen LogP contribution in [0.4, 0.5) is 0 Å². The van der Waals surface area contributed by atoms with E-state index in [-0.39, 0.29) is 17.8 Å². The quantitative estimate of drug-likeness (QED) is 0.270. The van der Waals surface area contributed by atoms with Crippen LogP contribution in [0.1, 0.15) is 40.5 Å². The van der Waals surface area contributed by atoms with E-state index in [0.29, 0.717) is 25.0 Å². The molecule has 0 aliphatic heterocycles. The van der Waals surface area contributed by atoms with E-state index in [9.17, 15) is 13.2 Å². The molecule has 0 heterocycles. The molecule has 0 bridgehead atoms. The standard InChI is InChI=1S/C15H29NO5S/c1-6-16(7-2,10-8-12-22(18,19)20)11-9-14(5)21-15(17)13(3)4/h14H,3,6-12H2,1-2,4-5H3/p+1. The number of hydrogen-bond acceptors (Lipinski definition) is 4. The molecule has 1 atom stereocenters. The summed E-state index contributed by atoms with van der Waals surface area (Å²) in [5, 5.41) is 0. The van der Waals surface area contributed by atoms with Crippen LogP contribution in [0.3, 0.4) is 0 Å². The highest BCUT2D eigenvalue weighted by Crippen LogP contribution is 2.13. The Morgan fingerprint density at radius 1 is 1.27 bits per heavy atom. The molecule has 0 saturated heterocycles. The van der Waals surface area contributed by atoms with Gasteiger partial charge in [-0.1, -0.05) is 6.58 Å². The fourth-order valence-corrected chi connectivity index (χ4v) is 2.84. The van der Waals surface area contributed by atoms with Gasteiger partial charge in [-0.3, -0.25) is 4.55 Å². The normalized spacial score (nSPS) is 13.7. The number of rotatable bonds is 11. The molecule has 22 heavy (non-hydrogen) atoms.